The fourth-order valence-corrected chi connectivity index (χ4v) is 8.52. The van der Waals surface area contributed by atoms with Gasteiger partial charge in [0.1, 0.15) is 22.8 Å². The van der Waals surface area contributed by atoms with Crippen LogP contribution >= 0.6 is 63.2 Å². The Bertz CT molecular complexity index is 2490. The highest BCUT2D eigenvalue weighted by atomic mass is 35.5. The minimum absolute atomic E-state index is 0.130. The largest absolute Gasteiger partial charge is 0.444 e. The summed E-state index contributed by atoms with van der Waals surface area (Å²) in [6, 6.07) is 20.2. The average Bonchev–Trinajstić information content (AvgIpc) is 3.82. The normalized spacial score (nSPS) is 19.8. The van der Waals surface area contributed by atoms with Crippen LogP contribution < -0.4 is 18.9 Å². The number of nitrogens with zero attached hydrogens (tertiary/aromatic N) is 3. The predicted octanol–water partition coefficient (Wildman–Crippen LogP) is 14.9. The summed E-state index contributed by atoms with van der Waals surface area (Å²) >= 11 is 5.90. The molecule has 0 radical (unpaired) electrons. The lowest BCUT2D eigenvalue weighted by Gasteiger charge is -2.34. The molecule has 4 aliphatic heterocycles. The molecule has 7 unspecified atom stereocenters. The molecule has 2 saturated heterocycles. The molecule has 374 valence electrons. The van der Waals surface area contributed by atoms with Crippen molar-refractivity contribution in [1.29, 1.82) is 0 Å². The van der Waals surface area contributed by atoms with Crippen molar-refractivity contribution in [2.24, 2.45) is 0 Å². The molecule has 4 aliphatic rings. The van der Waals surface area contributed by atoms with Gasteiger partial charge in [-0.05, 0) is 122 Å². The van der Waals surface area contributed by atoms with Crippen LogP contribution in [-0.4, -0.2) is 59.4 Å². The van der Waals surface area contributed by atoms with Gasteiger partial charge in [0, 0.05) is 56.2 Å². The number of rotatable bonds is 4. The SMILES string of the molecule is CC(C)(C)OC(=O)N1CCC(c2cccc3c2OC(C)(c2ccc(Cl)cc2F)O3)CC1.PP.PP(P)P.[C-]#[N+]c1ccc(C2(C)Oc3cccc(C4CCN(C(=O)OC(C)(C)C)CC4)c3O2)c(F)c1. The third kappa shape index (κ3) is 15.0. The first-order valence-electron chi connectivity index (χ1n) is 22.4. The maximum absolute atomic E-state index is 14.7. The van der Waals surface area contributed by atoms with E-state index in [1.807, 2.05) is 77.9 Å². The van der Waals surface area contributed by atoms with E-state index >= 15 is 0 Å². The predicted molar refractivity (Wildman–Crippen MR) is 289 cm³/mol. The van der Waals surface area contributed by atoms with Gasteiger partial charge in [0.15, 0.2) is 28.7 Å². The van der Waals surface area contributed by atoms with E-state index in [2.05, 4.69) is 49.5 Å². The van der Waals surface area contributed by atoms with Gasteiger partial charge in [-0.1, -0.05) is 48.0 Å². The number of halogens is 3. The smallest absolute Gasteiger partial charge is 0.410 e. The number of amides is 2. The van der Waals surface area contributed by atoms with E-state index in [1.165, 1.54) is 18.2 Å². The molecule has 2 fully saturated rings. The summed E-state index contributed by atoms with van der Waals surface area (Å²) in [5, 5.41) is 0.317. The zero-order valence-electron chi connectivity index (χ0n) is 40.3. The van der Waals surface area contributed by atoms with Crippen LogP contribution in [-0.2, 0) is 21.0 Å². The number of hydrogen-bond donors (Lipinski definition) is 0. The summed E-state index contributed by atoms with van der Waals surface area (Å²) in [5.41, 5.74) is 1.73. The minimum atomic E-state index is -1.32. The number of hydrogen-bond acceptors (Lipinski definition) is 8. The molecule has 11 nitrogen and oxygen atoms in total. The molecule has 0 spiro atoms. The van der Waals surface area contributed by atoms with Crippen LogP contribution in [0.3, 0.4) is 0 Å². The lowest BCUT2D eigenvalue weighted by Crippen LogP contribution is -2.41. The van der Waals surface area contributed by atoms with E-state index in [9.17, 15) is 18.4 Å². The summed E-state index contributed by atoms with van der Waals surface area (Å²) in [7, 11) is 12.6. The number of carbonyl (C=O) groups is 2. The number of piperidine rings is 2. The minimum Gasteiger partial charge on any atom is -0.444 e. The van der Waals surface area contributed by atoms with Crippen molar-refractivity contribution in [3.8, 4) is 23.0 Å². The highest BCUT2D eigenvalue weighted by Gasteiger charge is 2.45. The first-order chi connectivity index (χ1) is 32.4. The molecule has 0 N–H and O–H groups in total. The molecule has 0 aliphatic carbocycles. The molecule has 20 heteroatoms. The van der Waals surface area contributed by atoms with Crippen LogP contribution in [0.5, 0.6) is 23.0 Å². The second-order valence-corrected chi connectivity index (χ2v) is 31.0. The van der Waals surface area contributed by atoms with E-state index in [1.54, 1.807) is 41.8 Å². The van der Waals surface area contributed by atoms with Gasteiger partial charge in [0.05, 0.1) is 17.7 Å². The Hall–Kier alpha value is -3.16. The van der Waals surface area contributed by atoms with Crippen LogP contribution in [0.1, 0.15) is 115 Å². The van der Waals surface area contributed by atoms with Crippen LogP contribution in [0.2, 0.25) is 5.02 Å². The van der Waals surface area contributed by atoms with Crippen LogP contribution in [0, 0.1) is 18.2 Å². The number of benzene rings is 4. The van der Waals surface area contributed by atoms with E-state index in [4.69, 9.17) is 46.6 Å². The molecule has 4 heterocycles. The number of para-hydroxylation sites is 2. The molecule has 4 aromatic rings. The lowest BCUT2D eigenvalue weighted by atomic mass is 9.89. The van der Waals surface area contributed by atoms with Crippen molar-refractivity contribution >= 4 is 81.1 Å². The number of likely N-dealkylation sites (tertiary alicyclic amines) is 2. The molecule has 4 aromatic carbocycles. The van der Waals surface area contributed by atoms with Gasteiger partial charge >= 0.3 is 12.2 Å². The summed E-state index contributed by atoms with van der Waals surface area (Å²) in [6.45, 7) is 24.1. The standard InChI is InChI=1S/C25H27FN2O4.C24H27ClFNO4.H6P4.H4P2/c1-24(2,3)32-23(29)28-13-11-16(12-14-28)18-7-6-8-21-22(18)31-25(4,30-21)19-10-9-17(27-5)15-20(19)26;1-23(2,3)31-22(28)27-12-10-15(11-13-27)17-6-5-7-20-21(17)30-24(4,29-20)18-9-8-16(25)14-19(18)26;1-4(2)3;1-2/h6-10,15-16H,11-14H2,1-4H3;5-9,14-15H,10-13H2,1-4H3;1-3H2;1-2H2. The Morgan fingerprint density at radius 3 is 1.41 bits per heavy atom. The molecule has 8 rings (SSSR count). The Morgan fingerprint density at radius 1 is 0.681 bits per heavy atom. The van der Waals surface area contributed by atoms with Crippen LogP contribution in [0.15, 0.2) is 72.8 Å². The highest BCUT2D eigenvalue weighted by molar-refractivity contribution is 8.65. The highest BCUT2D eigenvalue weighted by Crippen LogP contribution is 2.60. The van der Waals surface area contributed by atoms with Gasteiger partial charge in [0.2, 0.25) is 0 Å². The first-order valence-corrected chi connectivity index (χ1v) is 31.6. The zero-order valence-corrected chi connectivity index (χ0v) is 47.7. The van der Waals surface area contributed by atoms with Crippen molar-refractivity contribution in [2.45, 2.75) is 116 Å². The second-order valence-electron chi connectivity index (χ2n) is 19.0. The monoisotopic (exact) mass is 1080 g/mol. The van der Waals surface area contributed by atoms with E-state index in [0.29, 0.717) is 59.8 Å². The zero-order chi connectivity index (χ0) is 51.1. The third-order valence-corrected chi connectivity index (χ3v) is 11.6. The molecule has 2 amide bonds. The van der Waals surface area contributed by atoms with Crippen molar-refractivity contribution in [3.63, 3.8) is 0 Å². The summed E-state index contributed by atoms with van der Waals surface area (Å²) in [6.07, 6.45) is 2.53. The van der Waals surface area contributed by atoms with Gasteiger partial charge < -0.3 is 38.2 Å². The maximum atomic E-state index is 14.7. The molecule has 7 atom stereocenters. The van der Waals surface area contributed by atoms with Gasteiger partial charge in [-0.15, -0.1) is 44.6 Å². The Morgan fingerprint density at radius 2 is 1.06 bits per heavy atom. The average molecular weight is 1080 g/mol. The summed E-state index contributed by atoms with van der Waals surface area (Å²) < 4.78 is 64.8. The Labute approximate surface area is 423 Å². The third-order valence-electron chi connectivity index (χ3n) is 11.4. The Balaban J connectivity index is 0.000000231. The van der Waals surface area contributed by atoms with Gasteiger partial charge in [-0.2, -0.15) is 0 Å². The fourth-order valence-electron chi connectivity index (χ4n) is 8.36. The summed E-state index contributed by atoms with van der Waals surface area (Å²) in [4.78, 5) is 31.5. The van der Waals surface area contributed by atoms with Gasteiger partial charge in [-0.3, -0.25) is 0 Å². The fraction of sp³-hybridized carbons (Fsp3) is 0.449. The second kappa shape index (κ2) is 24.0. The van der Waals surface area contributed by atoms with Crippen molar-refractivity contribution < 1.29 is 46.8 Å². The molecular formula is C49H64ClF2N3O8P6. The quantitative estimate of drug-likeness (QED) is 0.147. The molecule has 69 heavy (non-hydrogen) atoms. The van der Waals surface area contributed by atoms with E-state index in [0.717, 1.165) is 36.8 Å². The molecule has 0 aromatic heterocycles. The molecular weight excluding hydrogens is 1020 g/mol. The molecule has 0 bridgehead atoms. The maximum Gasteiger partial charge on any atom is 0.410 e. The lowest BCUT2D eigenvalue weighted by molar-refractivity contribution is -0.0716. The number of ether oxygens (including phenoxy) is 6. The molecule has 0 saturated carbocycles. The van der Waals surface area contributed by atoms with Crippen LogP contribution in [0.25, 0.3) is 4.85 Å². The number of carbonyl (C=O) groups excluding carboxylic acids is 2. The van der Waals surface area contributed by atoms with Gasteiger partial charge in [-0.25, -0.2) is 23.2 Å². The number of fused-ring (bicyclic) bond motifs is 2. The van der Waals surface area contributed by atoms with Crippen molar-refractivity contribution in [1.82, 2.24) is 9.80 Å². The van der Waals surface area contributed by atoms with Crippen molar-refractivity contribution in [2.75, 3.05) is 26.2 Å². The van der Waals surface area contributed by atoms with Crippen LogP contribution in [0.4, 0.5) is 24.1 Å². The van der Waals surface area contributed by atoms with Crippen molar-refractivity contribution in [3.05, 3.63) is 123 Å². The first kappa shape index (κ1) is 56.8. The topological polar surface area (TPSA) is 100 Å². The van der Waals surface area contributed by atoms with E-state index in [-0.39, 0.29) is 42.3 Å². The van der Waals surface area contributed by atoms with E-state index < -0.39 is 34.4 Å². The summed E-state index contributed by atoms with van der Waals surface area (Å²) in [5.74, 6) is -0.828. The van der Waals surface area contributed by atoms with Gasteiger partial charge in [0.25, 0.3) is 11.6 Å². The Kier molecular flexibility index (Phi) is 19.8.